The van der Waals surface area contributed by atoms with E-state index < -0.39 is 56.5 Å². The summed E-state index contributed by atoms with van der Waals surface area (Å²) in [7, 11) is -1.79. The normalized spacial score (nSPS) is 33.7. The van der Waals surface area contributed by atoms with Gasteiger partial charge in [-0.2, -0.15) is 0 Å². The minimum atomic E-state index is -1.79. The van der Waals surface area contributed by atoms with E-state index in [2.05, 4.69) is 46.3 Å². The van der Waals surface area contributed by atoms with Crippen molar-refractivity contribution in [1.82, 2.24) is 0 Å². The Kier molecular flexibility index (Phi) is 7.34. The fourth-order valence-electron chi connectivity index (χ4n) is 4.78. The molecular formula is C21H29IO8Si. The van der Waals surface area contributed by atoms with Crippen LogP contribution in [0.4, 0.5) is 0 Å². The Morgan fingerprint density at radius 2 is 1.65 bits per heavy atom. The zero-order valence-electron chi connectivity index (χ0n) is 18.6. The molecule has 6 atom stereocenters. The van der Waals surface area contributed by atoms with Gasteiger partial charge in [-0.25, -0.2) is 0 Å². The maximum Gasteiger partial charge on any atom is 0.303 e. The van der Waals surface area contributed by atoms with E-state index in [1.54, 1.807) is 0 Å². The predicted octanol–water partition coefficient (Wildman–Crippen LogP) is 3.05. The molecular weight excluding hydrogens is 535 g/mol. The summed E-state index contributed by atoms with van der Waals surface area (Å²) in [4.78, 5) is 35.3. The number of rotatable bonds is 5. The summed E-state index contributed by atoms with van der Waals surface area (Å²) in [6, 6.07) is 0. The number of halogens is 1. The molecule has 0 bridgehead atoms. The Hall–Kier alpha value is -1.24. The lowest BCUT2D eigenvalue weighted by atomic mass is 9.85. The van der Waals surface area contributed by atoms with Gasteiger partial charge in [-0.1, -0.05) is 47.4 Å². The van der Waals surface area contributed by atoms with E-state index in [4.69, 9.17) is 23.7 Å². The molecule has 31 heavy (non-hydrogen) atoms. The molecule has 3 aliphatic rings. The maximum atomic E-state index is 12.0. The fourth-order valence-corrected chi connectivity index (χ4v) is 7.97. The van der Waals surface area contributed by atoms with Crippen molar-refractivity contribution < 1.29 is 38.1 Å². The van der Waals surface area contributed by atoms with Gasteiger partial charge in [0.1, 0.15) is 12.7 Å². The molecule has 1 aliphatic carbocycles. The van der Waals surface area contributed by atoms with Crippen LogP contribution in [-0.4, -0.2) is 63.3 Å². The van der Waals surface area contributed by atoms with E-state index in [0.29, 0.717) is 0 Å². The molecule has 8 nitrogen and oxygen atoms in total. The molecule has 2 aliphatic heterocycles. The van der Waals surface area contributed by atoms with E-state index >= 15 is 0 Å². The molecule has 0 amide bonds. The van der Waals surface area contributed by atoms with Gasteiger partial charge in [-0.3, -0.25) is 14.4 Å². The first-order valence-corrected chi connectivity index (χ1v) is 15.0. The summed E-state index contributed by atoms with van der Waals surface area (Å²) in [6.45, 7) is 10.6. The van der Waals surface area contributed by atoms with Gasteiger partial charge in [0.15, 0.2) is 18.5 Å². The van der Waals surface area contributed by atoms with Gasteiger partial charge in [-0.05, 0) is 15.2 Å². The van der Waals surface area contributed by atoms with Crippen molar-refractivity contribution in [2.24, 2.45) is 5.92 Å². The summed E-state index contributed by atoms with van der Waals surface area (Å²) in [5, 5.41) is 1.29. The third kappa shape index (κ3) is 5.06. The zero-order chi connectivity index (χ0) is 23.1. The first kappa shape index (κ1) is 24.4. The number of allylic oxidation sites excluding steroid dienone is 1. The third-order valence-corrected chi connectivity index (χ3v) is 8.46. The van der Waals surface area contributed by atoms with Gasteiger partial charge < -0.3 is 23.7 Å². The van der Waals surface area contributed by atoms with Gasteiger partial charge in [0.05, 0.1) is 20.1 Å². The van der Waals surface area contributed by atoms with Crippen LogP contribution in [0.1, 0.15) is 27.2 Å². The van der Waals surface area contributed by atoms with Gasteiger partial charge in [0.2, 0.25) is 0 Å². The van der Waals surface area contributed by atoms with Crippen LogP contribution in [0.15, 0.2) is 20.4 Å². The second-order valence-electron chi connectivity index (χ2n) is 9.06. The number of carbonyl (C=O) groups is 3. The van der Waals surface area contributed by atoms with Gasteiger partial charge >= 0.3 is 17.9 Å². The average molecular weight is 564 g/mol. The van der Waals surface area contributed by atoms with Crippen LogP contribution in [0, 0.1) is 5.92 Å². The molecule has 0 aromatic carbocycles. The second kappa shape index (κ2) is 9.32. The molecule has 0 N–H and O–H groups in total. The SMILES string of the molecule is CC(=O)OC[C@H]1O[C@@H]2O[C@H]3C/C(=C\I)C([Si](C)(C)C)=C3[C@@H]2[C@@H](OC(C)=O)[C@@H]1OC(C)=O. The van der Waals surface area contributed by atoms with E-state index in [-0.39, 0.29) is 12.7 Å². The Morgan fingerprint density at radius 3 is 2.16 bits per heavy atom. The molecule has 2 fully saturated rings. The molecule has 2 heterocycles. The van der Waals surface area contributed by atoms with Crippen molar-refractivity contribution in [2.45, 2.75) is 77.5 Å². The van der Waals surface area contributed by atoms with Crippen LogP contribution in [0.3, 0.4) is 0 Å². The van der Waals surface area contributed by atoms with Crippen molar-refractivity contribution in [3.05, 3.63) is 20.4 Å². The Balaban J connectivity index is 2.09. The Labute approximate surface area is 196 Å². The number of hydrogen-bond donors (Lipinski definition) is 0. The number of esters is 3. The topological polar surface area (TPSA) is 97.4 Å². The molecule has 10 heteroatoms. The molecule has 0 radical (unpaired) electrons. The van der Waals surface area contributed by atoms with Gasteiger partial charge in [0.25, 0.3) is 0 Å². The Bertz CT molecular complexity index is 830. The average Bonchev–Trinajstić information content (AvgIpc) is 3.15. The van der Waals surface area contributed by atoms with Crippen LogP contribution in [0.5, 0.6) is 0 Å². The Morgan fingerprint density at radius 1 is 1.03 bits per heavy atom. The first-order valence-electron chi connectivity index (χ1n) is 10.3. The largest absolute Gasteiger partial charge is 0.463 e. The summed E-state index contributed by atoms with van der Waals surface area (Å²) < 4.78 is 30.9. The lowest BCUT2D eigenvalue weighted by molar-refractivity contribution is -0.271. The minimum absolute atomic E-state index is 0.138. The standard InChI is InChI=1S/C21H29IO8Si/c1-10(23)26-9-15-18(27-11(2)24)19(28-12(3)25)17-16-14(29-21(17)30-15)7-13(8-22)20(16)31(4,5)6/h8,14-15,17-19,21H,7,9H2,1-6H3/b13-8+/t14-,15+,17+,18+,19+,21-/m0/s1. The fraction of sp³-hybridized carbons (Fsp3) is 0.667. The third-order valence-electron chi connectivity index (χ3n) is 5.60. The number of fused-ring (bicyclic) bond motifs is 3. The van der Waals surface area contributed by atoms with Crippen LogP contribution in [0.2, 0.25) is 19.6 Å². The molecule has 0 aromatic rings. The minimum Gasteiger partial charge on any atom is -0.463 e. The van der Waals surface area contributed by atoms with Crippen LogP contribution < -0.4 is 0 Å². The smallest absolute Gasteiger partial charge is 0.303 e. The molecule has 0 aromatic heterocycles. The van der Waals surface area contributed by atoms with E-state index in [1.807, 2.05) is 0 Å². The summed E-state index contributed by atoms with van der Waals surface area (Å²) in [6.07, 6.45) is -2.67. The highest BCUT2D eigenvalue weighted by Gasteiger charge is 2.59. The predicted molar refractivity (Wildman–Crippen MR) is 122 cm³/mol. The van der Waals surface area contributed by atoms with E-state index in [0.717, 1.165) is 12.0 Å². The van der Waals surface area contributed by atoms with Crippen molar-refractivity contribution in [3.63, 3.8) is 0 Å². The molecule has 0 saturated carbocycles. The molecule has 3 rings (SSSR count). The first-order chi connectivity index (χ1) is 14.4. The number of hydrogen-bond acceptors (Lipinski definition) is 8. The molecule has 172 valence electrons. The molecule has 2 saturated heterocycles. The highest BCUT2D eigenvalue weighted by atomic mass is 127. The number of carbonyl (C=O) groups excluding carboxylic acids is 3. The highest BCUT2D eigenvalue weighted by molar-refractivity contribution is 14.1. The second-order valence-corrected chi connectivity index (χ2v) is 14.7. The van der Waals surface area contributed by atoms with Crippen LogP contribution in [-0.2, 0) is 38.1 Å². The monoisotopic (exact) mass is 564 g/mol. The van der Waals surface area contributed by atoms with Crippen LogP contribution >= 0.6 is 22.6 Å². The van der Waals surface area contributed by atoms with Crippen LogP contribution in [0.25, 0.3) is 0 Å². The summed E-state index contributed by atoms with van der Waals surface area (Å²) in [5.74, 6) is -1.91. The van der Waals surface area contributed by atoms with Crippen molar-refractivity contribution in [1.29, 1.82) is 0 Å². The highest BCUT2D eigenvalue weighted by Crippen LogP contribution is 2.52. The number of ether oxygens (including phenoxy) is 5. The van der Waals surface area contributed by atoms with Gasteiger partial charge in [-0.15, -0.1) is 0 Å². The van der Waals surface area contributed by atoms with Crippen molar-refractivity contribution in [2.75, 3.05) is 6.61 Å². The van der Waals surface area contributed by atoms with Crippen molar-refractivity contribution >= 4 is 48.6 Å². The van der Waals surface area contributed by atoms with E-state index in [9.17, 15) is 14.4 Å². The molecule has 0 unspecified atom stereocenters. The maximum absolute atomic E-state index is 12.0. The van der Waals surface area contributed by atoms with Crippen molar-refractivity contribution in [3.8, 4) is 0 Å². The molecule has 0 spiro atoms. The van der Waals surface area contributed by atoms with Gasteiger partial charge in [0, 0.05) is 27.2 Å². The van der Waals surface area contributed by atoms with E-state index in [1.165, 1.54) is 31.5 Å². The lowest BCUT2D eigenvalue weighted by Gasteiger charge is -2.43. The zero-order valence-corrected chi connectivity index (χ0v) is 21.8. The lowest BCUT2D eigenvalue weighted by Crippen LogP contribution is -2.58. The quantitative estimate of drug-likeness (QED) is 0.218. The summed E-state index contributed by atoms with van der Waals surface area (Å²) in [5.41, 5.74) is 2.33. The summed E-state index contributed by atoms with van der Waals surface area (Å²) >= 11 is 2.25.